The second-order valence-corrected chi connectivity index (χ2v) is 8.51. The maximum atomic E-state index is 12.8. The summed E-state index contributed by atoms with van der Waals surface area (Å²) in [5.41, 5.74) is 1.56. The molecule has 2 aliphatic heterocycles. The van der Waals surface area contributed by atoms with Crippen molar-refractivity contribution in [2.45, 2.75) is 38.3 Å². The van der Waals surface area contributed by atoms with Crippen molar-refractivity contribution in [3.63, 3.8) is 0 Å². The van der Waals surface area contributed by atoms with E-state index in [2.05, 4.69) is 15.6 Å². The van der Waals surface area contributed by atoms with Gasteiger partial charge in [0.1, 0.15) is 5.01 Å². The maximum Gasteiger partial charge on any atom is 0.252 e. The number of rotatable bonds is 5. The van der Waals surface area contributed by atoms with Gasteiger partial charge in [-0.1, -0.05) is 18.2 Å². The highest BCUT2D eigenvalue weighted by atomic mass is 32.1. The second kappa shape index (κ2) is 8.32. The predicted octanol–water partition coefficient (Wildman–Crippen LogP) is 2.43. The Labute approximate surface area is 173 Å². The van der Waals surface area contributed by atoms with E-state index in [0.717, 1.165) is 23.4 Å². The smallest absolute Gasteiger partial charge is 0.252 e. The van der Waals surface area contributed by atoms with E-state index in [1.54, 1.807) is 23.6 Å². The van der Waals surface area contributed by atoms with Gasteiger partial charge in [0, 0.05) is 37.2 Å². The molecule has 1 fully saturated rings. The van der Waals surface area contributed by atoms with Crippen LogP contribution in [0, 0.1) is 5.92 Å². The zero-order valence-electron chi connectivity index (χ0n) is 16.3. The molecule has 8 heteroatoms. The topological polar surface area (TPSA) is 91.4 Å². The number of thiazole rings is 1. The van der Waals surface area contributed by atoms with Crippen LogP contribution in [0.5, 0.6) is 0 Å². The van der Waals surface area contributed by atoms with Gasteiger partial charge in [0.2, 0.25) is 11.8 Å². The molecule has 2 N–H and O–H groups in total. The average molecular weight is 413 g/mol. The molecule has 0 aliphatic carbocycles. The highest BCUT2D eigenvalue weighted by Crippen LogP contribution is 2.33. The number of nitrogens with one attached hydrogen (secondary N) is 2. The van der Waals surface area contributed by atoms with Crippen molar-refractivity contribution in [3.8, 4) is 0 Å². The largest absolute Gasteiger partial charge is 0.347 e. The van der Waals surface area contributed by atoms with E-state index in [9.17, 15) is 14.4 Å². The van der Waals surface area contributed by atoms with Crippen LogP contribution in [0.25, 0.3) is 0 Å². The number of likely N-dealkylation sites (tertiary alicyclic amines) is 1. The number of hydrogen-bond donors (Lipinski definition) is 2. The molecule has 29 heavy (non-hydrogen) atoms. The van der Waals surface area contributed by atoms with E-state index in [1.807, 2.05) is 28.5 Å². The molecule has 2 aliphatic rings. The monoisotopic (exact) mass is 412 g/mol. The van der Waals surface area contributed by atoms with E-state index in [1.165, 1.54) is 6.92 Å². The van der Waals surface area contributed by atoms with Crippen molar-refractivity contribution in [2.24, 2.45) is 5.92 Å². The van der Waals surface area contributed by atoms with Gasteiger partial charge in [-0.25, -0.2) is 4.98 Å². The Morgan fingerprint density at radius 2 is 2.07 bits per heavy atom. The summed E-state index contributed by atoms with van der Waals surface area (Å²) < 4.78 is 0. The van der Waals surface area contributed by atoms with Crippen molar-refractivity contribution in [1.29, 1.82) is 0 Å². The van der Waals surface area contributed by atoms with Gasteiger partial charge in [0.05, 0.1) is 18.5 Å². The summed E-state index contributed by atoms with van der Waals surface area (Å²) in [5, 5.41) is 8.77. The van der Waals surface area contributed by atoms with E-state index < -0.39 is 0 Å². The molecule has 1 aromatic heterocycles. The number of aromatic nitrogens is 1. The Kier molecular flexibility index (Phi) is 5.62. The molecule has 4 rings (SSSR count). The van der Waals surface area contributed by atoms with Crippen molar-refractivity contribution in [3.05, 3.63) is 52.0 Å². The first kappa shape index (κ1) is 19.6. The second-order valence-electron chi connectivity index (χ2n) is 7.58. The molecule has 0 unspecified atom stereocenters. The Hall–Kier alpha value is -2.74. The summed E-state index contributed by atoms with van der Waals surface area (Å²) in [7, 11) is 0. The van der Waals surface area contributed by atoms with Crippen LogP contribution >= 0.6 is 11.3 Å². The summed E-state index contributed by atoms with van der Waals surface area (Å²) in [6, 6.07) is 7.06. The van der Waals surface area contributed by atoms with Gasteiger partial charge in [0.15, 0.2) is 0 Å². The van der Waals surface area contributed by atoms with Crippen LogP contribution in [0.2, 0.25) is 0 Å². The predicted molar refractivity (Wildman–Crippen MR) is 109 cm³/mol. The van der Waals surface area contributed by atoms with Crippen LogP contribution < -0.4 is 10.6 Å². The molecular weight excluding hydrogens is 388 g/mol. The van der Waals surface area contributed by atoms with Crippen molar-refractivity contribution in [1.82, 2.24) is 20.5 Å². The number of fused-ring (bicyclic) bond motifs is 1. The van der Waals surface area contributed by atoms with Gasteiger partial charge < -0.3 is 15.5 Å². The normalized spacial score (nSPS) is 20.1. The molecule has 152 valence electrons. The Morgan fingerprint density at radius 3 is 2.76 bits per heavy atom. The van der Waals surface area contributed by atoms with Crippen LogP contribution in [-0.2, 0) is 9.59 Å². The lowest BCUT2D eigenvalue weighted by atomic mass is 9.89. The number of benzene rings is 1. The van der Waals surface area contributed by atoms with Gasteiger partial charge in [-0.2, -0.15) is 0 Å². The third kappa shape index (κ3) is 4.17. The zero-order valence-corrected chi connectivity index (χ0v) is 17.1. The number of carbonyl (C=O) groups excluding carboxylic acids is 3. The van der Waals surface area contributed by atoms with Crippen molar-refractivity contribution < 1.29 is 14.4 Å². The molecule has 2 atom stereocenters. The first-order valence-corrected chi connectivity index (χ1v) is 10.7. The molecule has 3 heterocycles. The molecular formula is C21H24N4O3S. The van der Waals surface area contributed by atoms with Crippen LogP contribution in [0.4, 0.5) is 0 Å². The number of amides is 3. The molecule has 2 aromatic rings. The fourth-order valence-corrected chi connectivity index (χ4v) is 5.04. The standard InChI is InChI=1S/C21H24N4O3S/c1-13(26)23-19(21-22-8-11-29-21)14-6-9-25(10-7-14)18(27)12-17-15-4-2-3-5-16(15)20(28)24-17/h2-5,8,11,14,17,19H,6-7,9-10,12H2,1H3,(H,23,26)(H,24,28)/t17-,19+/m0/s1. The fraction of sp³-hybridized carbons (Fsp3) is 0.429. The summed E-state index contributed by atoms with van der Waals surface area (Å²) in [5.74, 6) is 0.120. The minimum absolute atomic E-state index is 0.0516. The Balaban J connectivity index is 1.36. The molecule has 7 nitrogen and oxygen atoms in total. The molecule has 0 saturated carbocycles. The number of piperidine rings is 1. The minimum Gasteiger partial charge on any atom is -0.347 e. The van der Waals surface area contributed by atoms with Crippen LogP contribution in [0.15, 0.2) is 35.8 Å². The van der Waals surface area contributed by atoms with Crippen LogP contribution in [0.3, 0.4) is 0 Å². The van der Waals surface area contributed by atoms with Crippen molar-refractivity contribution >= 4 is 29.1 Å². The summed E-state index contributed by atoms with van der Waals surface area (Å²) in [6.07, 6.45) is 3.64. The average Bonchev–Trinajstić information content (AvgIpc) is 3.35. The van der Waals surface area contributed by atoms with Gasteiger partial charge in [0.25, 0.3) is 5.91 Å². The Bertz CT molecular complexity index is 906. The summed E-state index contributed by atoms with van der Waals surface area (Å²) in [4.78, 5) is 42.8. The first-order chi connectivity index (χ1) is 14.0. The summed E-state index contributed by atoms with van der Waals surface area (Å²) >= 11 is 1.54. The van der Waals surface area contributed by atoms with Gasteiger partial charge in [-0.15, -0.1) is 11.3 Å². The van der Waals surface area contributed by atoms with Gasteiger partial charge >= 0.3 is 0 Å². The molecule has 1 aromatic carbocycles. The van der Waals surface area contributed by atoms with Crippen LogP contribution in [-0.4, -0.2) is 40.7 Å². The van der Waals surface area contributed by atoms with Gasteiger partial charge in [-0.3, -0.25) is 14.4 Å². The van der Waals surface area contributed by atoms with Gasteiger partial charge in [-0.05, 0) is 30.4 Å². The molecule has 0 radical (unpaired) electrons. The zero-order chi connectivity index (χ0) is 20.4. The summed E-state index contributed by atoms with van der Waals surface area (Å²) in [6.45, 7) is 2.81. The number of nitrogens with zero attached hydrogens (tertiary/aromatic N) is 2. The van der Waals surface area contributed by atoms with Crippen molar-refractivity contribution in [2.75, 3.05) is 13.1 Å². The number of carbonyl (C=O) groups is 3. The fourth-order valence-electron chi connectivity index (χ4n) is 4.26. The Morgan fingerprint density at radius 1 is 1.31 bits per heavy atom. The lowest BCUT2D eigenvalue weighted by Gasteiger charge is -2.36. The third-order valence-corrected chi connectivity index (χ3v) is 6.56. The SMILES string of the molecule is CC(=O)N[C@@H](c1nccs1)C1CCN(C(=O)C[C@@H]2NC(=O)c3ccccc32)CC1. The van der Waals surface area contributed by atoms with E-state index >= 15 is 0 Å². The third-order valence-electron chi connectivity index (χ3n) is 5.70. The molecule has 0 bridgehead atoms. The first-order valence-electron chi connectivity index (χ1n) is 9.87. The molecule has 0 spiro atoms. The maximum absolute atomic E-state index is 12.8. The highest BCUT2D eigenvalue weighted by molar-refractivity contribution is 7.09. The molecule has 3 amide bonds. The van der Waals surface area contributed by atoms with E-state index in [0.29, 0.717) is 18.7 Å². The van der Waals surface area contributed by atoms with E-state index in [4.69, 9.17) is 0 Å². The van der Waals surface area contributed by atoms with Crippen LogP contribution in [0.1, 0.15) is 59.2 Å². The van der Waals surface area contributed by atoms with E-state index in [-0.39, 0.29) is 42.1 Å². The minimum atomic E-state index is -0.258. The lowest BCUT2D eigenvalue weighted by Crippen LogP contribution is -2.43. The number of hydrogen-bond acceptors (Lipinski definition) is 5. The highest BCUT2D eigenvalue weighted by Gasteiger charge is 2.34. The lowest BCUT2D eigenvalue weighted by molar-refractivity contribution is -0.133. The molecule has 1 saturated heterocycles. The quantitative estimate of drug-likeness (QED) is 0.789.